The molecule has 0 radical (unpaired) electrons. The molecule has 1 aliphatic rings. The molecule has 5 heteroatoms. The highest BCUT2D eigenvalue weighted by molar-refractivity contribution is 5.97. The Kier molecular flexibility index (Phi) is 7.06. The van der Waals surface area contributed by atoms with E-state index >= 15 is 0 Å². The molecule has 0 unspecified atom stereocenters. The number of anilines is 1. The molecule has 1 atom stereocenters. The number of carbonyl (C=O) groups excluding carboxylic acids is 1. The first-order chi connectivity index (χ1) is 11.6. The summed E-state index contributed by atoms with van der Waals surface area (Å²) >= 11 is 0. The third-order valence-electron chi connectivity index (χ3n) is 4.23. The Labute approximate surface area is 144 Å². The van der Waals surface area contributed by atoms with Crippen LogP contribution in [0, 0.1) is 5.92 Å². The molecule has 1 aromatic rings. The molecule has 0 bridgehead atoms. The third-order valence-corrected chi connectivity index (χ3v) is 4.23. The maximum Gasteiger partial charge on any atom is 0.256 e. The van der Waals surface area contributed by atoms with Crippen molar-refractivity contribution in [2.45, 2.75) is 45.6 Å². The summed E-state index contributed by atoms with van der Waals surface area (Å²) in [6, 6.07) is 7.40. The minimum atomic E-state index is -0.733. The lowest BCUT2D eigenvalue weighted by molar-refractivity contribution is -0.142. The highest BCUT2D eigenvalue weighted by Crippen LogP contribution is 2.42. The van der Waals surface area contributed by atoms with Crippen molar-refractivity contribution in [2.24, 2.45) is 5.92 Å². The van der Waals surface area contributed by atoms with E-state index in [4.69, 9.17) is 14.2 Å². The fraction of sp³-hybridized carbons (Fsp3) is 0.632. The molecule has 0 saturated heterocycles. The molecule has 1 N–H and O–H groups in total. The lowest BCUT2D eigenvalue weighted by Gasteiger charge is -2.28. The lowest BCUT2D eigenvalue weighted by atomic mass is 9.98. The van der Waals surface area contributed by atoms with Gasteiger partial charge in [-0.2, -0.15) is 0 Å². The first kappa shape index (κ1) is 18.7. The summed E-state index contributed by atoms with van der Waals surface area (Å²) in [6.07, 6.45) is 3.02. The Morgan fingerprint density at radius 1 is 1.17 bits per heavy atom. The second-order valence-corrected chi connectivity index (χ2v) is 6.25. The number of benzene rings is 1. The maximum atomic E-state index is 12.7. The normalized spacial score (nSPS) is 16.5. The Morgan fingerprint density at radius 3 is 2.46 bits per heavy atom. The van der Waals surface area contributed by atoms with Gasteiger partial charge in [0.05, 0.1) is 6.61 Å². The van der Waals surface area contributed by atoms with Gasteiger partial charge in [-0.1, -0.05) is 6.92 Å². The average Bonchev–Trinajstić information content (AvgIpc) is 3.43. The standard InChI is InChI=1S/C19H29NO4/c1-4-12-24-19(3,15-6-7-15)18(21)20-16-8-10-17(11-9-16)23-14-13-22-5-2/h8-11,15H,4-7,12-14H2,1-3H3,(H,20,21)/t19-/m0/s1. The second kappa shape index (κ2) is 9.04. The smallest absolute Gasteiger partial charge is 0.256 e. The van der Waals surface area contributed by atoms with Gasteiger partial charge in [-0.25, -0.2) is 0 Å². The van der Waals surface area contributed by atoms with Crippen molar-refractivity contribution in [1.82, 2.24) is 0 Å². The van der Waals surface area contributed by atoms with Gasteiger partial charge in [0.25, 0.3) is 5.91 Å². The molecule has 0 aromatic heterocycles. The van der Waals surface area contributed by atoms with E-state index in [1.54, 1.807) is 0 Å². The van der Waals surface area contributed by atoms with Crippen LogP contribution in [0.3, 0.4) is 0 Å². The van der Waals surface area contributed by atoms with Gasteiger partial charge < -0.3 is 19.5 Å². The maximum absolute atomic E-state index is 12.7. The first-order valence-electron chi connectivity index (χ1n) is 8.86. The fourth-order valence-corrected chi connectivity index (χ4v) is 2.57. The van der Waals surface area contributed by atoms with E-state index in [9.17, 15) is 4.79 Å². The van der Waals surface area contributed by atoms with Gasteiger partial charge in [-0.3, -0.25) is 4.79 Å². The Morgan fingerprint density at radius 2 is 1.88 bits per heavy atom. The molecule has 0 aliphatic heterocycles. The van der Waals surface area contributed by atoms with E-state index < -0.39 is 5.60 Å². The molecule has 5 nitrogen and oxygen atoms in total. The Hall–Kier alpha value is -1.59. The van der Waals surface area contributed by atoms with Crippen LogP contribution in [0.1, 0.15) is 40.0 Å². The van der Waals surface area contributed by atoms with E-state index in [0.29, 0.717) is 32.3 Å². The number of hydrogen-bond acceptors (Lipinski definition) is 4. The highest BCUT2D eigenvalue weighted by Gasteiger charge is 2.48. The van der Waals surface area contributed by atoms with Crippen molar-refractivity contribution in [3.8, 4) is 5.75 Å². The zero-order chi connectivity index (χ0) is 17.4. The molecule has 134 valence electrons. The van der Waals surface area contributed by atoms with Crippen LogP contribution in [0.4, 0.5) is 5.69 Å². The summed E-state index contributed by atoms with van der Waals surface area (Å²) in [5.41, 5.74) is 0.0204. The van der Waals surface area contributed by atoms with Crippen molar-refractivity contribution in [3.63, 3.8) is 0 Å². The van der Waals surface area contributed by atoms with Crippen LogP contribution in [-0.4, -0.2) is 37.9 Å². The SMILES string of the molecule is CCCO[C@](C)(C(=O)Nc1ccc(OCCOCC)cc1)C1CC1. The molecule has 2 rings (SSSR count). The quantitative estimate of drug-likeness (QED) is 0.627. The first-order valence-corrected chi connectivity index (χ1v) is 8.86. The summed E-state index contributed by atoms with van der Waals surface area (Å²) in [6.45, 7) is 8.29. The number of rotatable bonds is 11. The van der Waals surface area contributed by atoms with Crippen molar-refractivity contribution in [1.29, 1.82) is 0 Å². The number of hydrogen-bond donors (Lipinski definition) is 1. The number of ether oxygens (including phenoxy) is 3. The van der Waals surface area contributed by atoms with Gasteiger partial charge in [0.2, 0.25) is 0 Å². The van der Waals surface area contributed by atoms with Crippen molar-refractivity contribution < 1.29 is 19.0 Å². The molecule has 24 heavy (non-hydrogen) atoms. The molecule has 1 amide bonds. The van der Waals surface area contributed by atoms with Crippen LogP contribution in [0.25, 0.3) is 0 Å². The number of nitrogens with one attached hydrogen (secondary N) is 1. The third kappa shape index (κ3) is 5.21. The van der Waals surface area contributed by atoms with Crippen LogP contribution < -0.4 is 10.1 Å². The predicted octanol–water partition coefficient (Wildman–Crippen LogP) is 3.64. The minimum Gasteiger partial charge on any atom is -0.491 e. The van der Waals surface area contributed by atoms with Crippen LogP contribution in [0.5, 0.6) is 5.75 Å². The van der Waals surface area contributed by atoms with Crippen LogP contribution in [0.15, 0.2) is 24.3 Å². The van der Waals surface area contributed by atoms with E-state index in [1.165, 1.54) is 0 Å². The van der Waals surface area contributed by atoms with Gasteiger partial charge in [-0.05, 0) is 63.3 Å². The van der Waals surface area contributed by atoms with Crippen molar-refractivity contribution in [2.75, 3.05) is 31.7 Å². The monoisotopic (exact) mass is 335 g/mol. The van der Waals surface area contributed by atoms with Gasteiger partial charge in [0, 0.05) is 18.9 Å². The number of carbonyl (C=O) groups is 1. The predicted molar refractivity (Wildman–Crippen MR) is 94.4 cm³/mol. The Balaban J connectivity index is 1.88. The summed E-state index contributed by atoms with van der Waals surface area (Å²) < 4.78 is 16.7. The molecule has 1 aromatic carbocycles. The second-order valence-electron chi connectivity index (χ2n) is 6.25. The molecular formula is C19H29NO4. The van der Waals surface area contributed by atoms with E-state index in [1.807, 2.05) is 38.1 Å². The molecule has 1 saturated carbocycles. The molecule has 1 aliphatic carbocycles. The average molecular weight is 335 g/mol. The largest absolute Gasteiger partial charge is 0.491 e. The highest BCUT2D eigenvalue weighted by atomic mass is 16.5. The molecule has 0 heterocycles. The topological polar surface area (TPSA) is 56.8 Å². The summed E-state index contributed by atoms with van der Waals surface area (Å²) in [4.78, 5) is 12.7. The van der Waals surface area contributed by atoms with Crippen LogP contribution in [0.2, 0.25) is 0 Å². The molecular weight excluding hydrogens is 306 g/mol. The van der Waals surface area contributed by atoms with Gasteiger partial charge in [0.15, 0.2) is 0 Å². The zero-order valence-corrected chi connectivity index (χ0v) is 15.0. The van der Waals surface area contributed by atoms with Crippen LogP contribution >= 0.6 is 0 Å². The van der Waals surface area contributed by atoms with E-state index in [-0.39, 0.29) is 5.91 Å². The molecule has 1 fully saturated rings. The van der Waals surface area contributed by atoms with E-state index in [2.05, 4.69) is 12.2 Å². The molecule has 0 spiro atoms. The minimum absolute atomic E-state index is 0.0662. The summed E-state index contributed by atoms with van der Waals surface area (Å²) in [7, 11) is 0. The Bertz CT molecular complexity index is 513. The van der Waals surface area contributed by atoms with Crippen molar-refractivity contribution in [3.05, 3.63) is 24.3 Å². The summed E-state index contributed by atoms with van der Waals surface area (Å²) in [5, 5.41) is 2.97. The van der Waals surface area contributed by atoms with Crippen LogP contribution in [-0.2, 0) is 14.3 Å². The van der Waals surface area contributed by atoms with Gasteiger partial charge >= 0.3 is 0 Å². The number of amides is 1. The summed E-state index contributed by atoms with van der Waals surface area (Å²) in [5.74, 6) is 1.02. The van der Waals surface area contributed by atoms with E-state index in [0.717, 1.165) is 30.7 Å². The lowest BCUT2D eigenvalue weighted by Crippen LogP contribution is -2.45. The zero-order valence-electron chi connectivity index (χ0n) is 15.0. The fourth-order valence-electron chi connectivity index (χ4n) is 2.57. The van der Waals surface area contributed by atoms with Gasteiger partial charge in [-0.15, -0.1) is 0 Å². The van der Waals surface area contributed by atoms with Crippen molar-refractivity contribution >= 4 is 11.6 Å². The van der Waals surface area contributed by atoms with Gasteiger partial charge in [0.1, 0.15) is 18.0 Å².